The maximum absolute atomic E-state index is 15.2. The van der Waals surface area contributed by atoms with Gasteiger partial charge < -0.3 is 4.90 Å². The Morgan fingerprint density at radius 2 is 1.89 bits per heavy atom. The second kappa shape index (κ2) is 7.13. The lowest BCUT2D eigenvalue weighted by molar-refractivity contribution is -0.137. The number of likely N-dealkylation sites (tertiary alicyclic amines) is 1. The maximum atomic E-state index is 15.2. The van der Waals surface area contributed by atoms with Crippen molar-refractivity contribution in [1.82, 2.24) is 14.9 Å². The first-order chi connectivity index (χ1) is 12.7. The molecule has 3 rings (SSSR count). The van der Waals surface area contributed by atoms with Gasteiger partial charge in [-0.1, -0.05) is 6.07 Å². The molecular weight excluding hydrogens is 364 g/mol. The van der Waals surface area contributed by atoms with E-state index in [1.165, 1.54) is 4.90 Å². The zero-order valence-corrected chi connectivity index (χ0v) is 14.6. The van der Waals surface area contributed by atoms with E-state index in [-0.39, 0.29) is 31.7 Å². The predicted octanol–water partition coefficient (Wildman–Crippen LogP) is 4.30. The van der Waals surface area contributed by atoms with Crippen LogP contribution in [0.5, 0.6) is 0 Å². The van der Waals surface area contributed by atoms with Gasteiger partial charge in [0.2, 0.25) is 0 Å². The number of carbonyl (C=O) groups is 1. The Labute approximate surface area is 153 Å². The average molecular weight is 382 g/mol. The number of anilines is 1. The summed E-state index contributed by atoms with van der Waals surface area (Å²) in [4.78, 5) is 21.4. The molecule has 27 heavy (non-hydrogen) atoms. The van der Waals surface area contributed by atoms with E-state index in [0.717, 1.165) is 17.7 Å². The number of amides is 2. The van der Waals surface area contributed by atoms with E-state index in [2.05, 4.69) is 15.3 Å². The Bertz CT molecular complexity index is 815. The molecule has 0 spiro atoms. The number of hydrogen-bond acceptors (Lipinski definition) is 3. The molecule has 1 aliphatic heterocycles. The molecule has 1 aliphatic rings. The minimum Gasteiger partial charge on any atom is -0.324 e. The van der Waals surface area contributed by atoms with E-state index >= 15 is 4.39 Å². The number of nitrogens with one attached hydrogen (secondary N) is 1. The van der Waals surface area contributed by atoms with Crippen LogP contribution in [-0.4, -0.2) is 34.0 Å². The van der Waals surface area contributed by atoms with Gasteiger partial charge in [0.15, 0.2) is 5.67 Å². The van der Waals surface area contributed by atoms with Crippen molar-refractivity contribution in [2.45, 2.75) is 31.6 Å². The molecule has 0 aromatic carbocycles. The first-order valence-electron chi connectivity index (χ1n) is 8.39. The van der Waals surface area contributed by atoms with Crippen LogP contribution >= 0.6 is 0 Å². The minimum absolute atomic E-state index is 0.00524. The average Bonchev–Trinajstić information content (AvgIpc) is 2.62. The molecule has 0 saturated carbocycles. The van der Waals surface area contributed by atoms with Gasteiger partial charge >= 0.3 is 12.2 Å². The second-order valence-electron chi connectivity index (χ2n) is 6.48. The number of pyridine rings is 2. The highest BCUT2D eigenvalue weighted by Gasteiger charge is 2.39. The zero-order valence-electron chi connectivity index (χ0n) is 14.6. The summed E-state index contributed by atoms with van der Waals surface area (Å²) in [5.74, 6) is 0.00524. The van der Waals surface area contributed by atoms with Gasteiger partial charge in [-0.05, 0) is 30.7 Å². The van der Waals surface area contributed by atoms with Gasteiger partial charge in [-0.3, -0.25) is 10.3 Å². The highest BCUT2D eigenvalue weighted by molar-refractivity contribution is 5.88. The number of urea groups is 1. The molecule has 144 valence electrons. The third kappa shape index (κ3) is 4.17. The van der Waals surface area contributed by atoms with Crippen LogP contribution in [0.1, 0.15) is 29.7 Å². The number of piperidine rings is 1. The van der Waals surface area contributed by atoms with Gasteiger partial charge in [-0.25, -0.2) is 14.2 Å². The molecule has 1 saturated heterocycles. The fraction of sp³-hybridized carbons (Fsp3) is 0.389. The molecular formula is C18H18F4N4O. The maximum Gasteiger partial charge on any atom is 0.417 e. The summed E-state index contributed by atoms with van der Waals surface area (Å²) in [6, 6.07) is 4.93. The first kappa shape index (κ1) is 19.1. The van der Waals surface area contributed by atoms with E-state index in [9.17, 15) is 18.0 Å². The minimum atomic E-state index is -4.49. The molecule has 5 nitrogen and oxygen atoms in total. The summed E-state index contributed by atoms with van der Waals surface area (Å²) in [5, 5.41) is 2.44. The van der Waals surface area contributed by atoms with Crippen molar-refractivity contribution in [1.29, 1.82) is 0 Å². The number of nitrogens with zero attached hydrogens (tertiary/aromatic N) is 3. The number of aryl methyl sites for hydroxylation is 1. The molecule has 2 aromatic heterocycles. The molecule has 1 N–H and O–H groups in total. The van der Waals surface area contributed by atoms with Gasteiger partial charge in [0.05, 0.1) is 11.3 Å². The summed E-state index contributed by atoms with van der Waals surface area (Å²) >= 11 is 0. The normalized spacial score (nSPS) is 16.9. The molecule has 0 bridgehead atoms. The quantitative estimate of drug-likeness (QED) is 0.788. The van der Waals surface area contributed by atoms with E-state index in [1.54, 1.807) is 25.3 Å². The molecule has 2 aromatic rings. The van der Waals surface area contributed by atoms with Crippen LogP contribution in [0.2, 0.25) is 0 Å². The Balaban J connectivity index is 1.61. The SMILES string of the molecule is Cc1cccnc1C1(F)CCN(C(=O)Nc2ccc(C(F)(F)F)cn2)CC1. The molecule has 0 radical (unpaired) electrons. The Hall–Kier alpha value is -2.71. The number of carbonyl (C=O) groups excluding carboxylic acids is 1. The van der Waals surface area contributed by atoms with Crippen molar-refractivity contribution < 1.29 is 22.4 Å². The molecule has 0 unspecified atom stereocenters. The van der Waals surface area contributed by atoms with E-state index in [4.69, 9.17) is 0 Å². The standard InChI is InChI=1S/C18H18F4N4O/c1-12-3-2-8-23-15(12)17(19)6-9-26(10-7-17)16(27)25-14-5-4-13(11-24-14)18(20,21)22/h2-5,8,11H,6-7,9-10H2,1H3,(H,24,25,27). The number of aromatic nitrogens is 2. The fourth-order valence-corrected chi connectivity index (χ4v) is 3.08. The van der Waals surface area contributed by atoms with Crippen LogP contribution in [0.15, 0.2) is 36.7 Å². The Morgan fingerprint density at radius 3 is 2.44 bits per heavy atom. The van der Waals surface area contributed by atoms with Crippen molar-refractivity contribution in [2.75, 3.05) is 18.4 Å². The van der Waals surface area contributed by atoms with Crippen LogP contribution in [0.3, 0.4) is 0 Å². The number of alkyl halides is 4. The van der Waals surface area contributed by atoms with Crippen LogP contribution in [-0.2, 0) is 11.8 Å². The van der Waals surface area contributed by atoms with Gasteiger partial charge in [0.25, 0.3) is 0 Å². The van der Waals surface area contributed by atoms with Crippen LogP contribution < -0.4 is 5.32 Å². The topological polar surface area (TPSA) is 58.1 Å². The lowest BCUT2D eigenvalue weighted by atomic mass is 9.87. The molecule has 1 fully saturated rings. The summed E-state index contributed by atoms with van der Waals surface area (Å²) in [6.45, 7) is 2.12. The van der Waals surface area contributed by atoms with Crippen molar-refractivity contribution in [3.63, 3.8) is 0 Å². The van der Waals surface area contributed by atoms with E-state index in [1.807, 2.05) is 0 Å². The van der Waals surface area contributed by atoms with Crippen LogP contribution in [0, 0.1) is 6.92 Å². The third-order valence-electron chi connectivity index (χ3n) is 4.60. The molecule has 2 amide bonds. The van der Waals surface area contributed by atoms with Crippen molar-refractivity contribution in [3.05, 3.63) is 53.5 Å². The van der Waals surface area contributed by atoms with E-state index < -0.39 is 23.4 Å². The van der Waals surface area contributed by atoms with Crippen molar-refractivity contribution in [3.8, 4) is 0 Å². The predicted molar refractivity (Wildman–Crippen MR) is 90.8 cm³/mol. The smallest absolute Gasteiger partial charge is 0.324 e. The van der Waals surface area contributed by atoms with E-state index in [0.29, 0.717) is 11.9 Å². The third-order valence-corrected chi connectivity index (χ3v) is 4.60. The molecule has 3 heterocycles. The summed E-state index contributed by atoms with van der Waals surface area (Å²) in [7, 11) is 0. The molecule has 9 heteroatoms. The summed E-state index contributed by atoms with van der Waals surface area (Å²) in [5.41, 5.74) is -1.36. The lowest BCUT2D eigenvalue weighted by Crippen LogP contribution is -2.45. The lowest BCUT2D eigenvalue weighted by Gasteiger charge is -2.36. The summed E-state index contributed by atoms with van der Waals surface area (Å²) < 4.78 is 52.9. The fourth-order valence-electron chi connectivity index (χ4n) is 3.08. The van der Waals surface area contributed by atoms with Gasteiger partial charge in [0, 0.05) is 38.3 Å². The Kier molecular flexibility index (Phi) is 5.03. The highest BCUT2D eigenvalue weighted by atomic mass is 19.4. The summed E-state index contributed by atoms with van der Waals surface area (Å²) in [6.07, 6.45) is -2.10. The van der Waals surface area contributed by atoms with Crippen molar-refractivity contribution in [2.24, 2.45) is 0 Å². The number of rotatable bonds is 2. The second-order valence-corrected chi connectivity index (χ2v) is 6.48. The van der Waals surface area contributed by atoms with Crippen molar-refractivity contribution >= 4 is 11.8 Å². The first-order valence-corrected chi connectivity index (χ1v) is 8.39. The van der Waals surface area contributed by atoms with Crippen LogP contribution in [0.25, 0.3) is 0 Å². The van der Waals surface area contributed by atoms with Gasteiger partial charge in [-0.2, -0.15) is 13.2 Å². The molecule has 0 aliphatic carbocycles. The number of halogens is 4. The molecule has 0 atom stereocenters. The largest absolute Gasteiger partial charge is 0.417 e. The highest BCUT2D eigenvalue weighted by Crippen LogP contribution is 2.37. The van der Waals surface area contributed by atoms with Gasteiger partial charge in [0.1, 0.15) is 5.82 Å². The van der Waals surface area contributed by atoms with Gasteiger partial charge in [-0.15, -0.1) is 0 Å². The Morgan fingerprint density at radius 1 is 1.19 bits per heavy atom. The zero-order chi connectivity index (χ0) is 19.7. The monoisotopic (exact) mass is 382 g/mol. The van der Waals surface area contributed by atoms with Crippen LogP contribution in [0.4, 0.5) is 28.2 Å². The number of hydrogen-bond donors (Lipinski definition) is 1.